The van der Waals surface area contributed by atoms with E-state index in [-0.39, 0.29) is 0 Å². The highest BCUT2D eigenvalue weighted by atomic mass is 17.3. The van der Waals surface area contributed by atoms with Crippen LogP contribution in [0.25, 0.3) is 0 Å². The maximum absolute atomic E-state index is 5.44. The molecule has 0 rings (SSSR count). The zero-order valence-corrected chi connectivity index (χ0v) is 14.3. The zero-order valence-electron chi connectivity index (χ0n) is 14.3. The van der Waals surface area contributed by atoms with Gasteiger partial charge >= 0.3 is 5.97 Å². The lowest BCUT2D eigenvalue weighted by molar-refractivity contribution is -0.468. The van der Waals surface area contributed by atoms with Gasteiger partial charge in [-0.25, -0.2) is 0 Å². The van der Waals surface area contributed by atoms with Crippen LogP contribution in [0.2, 0.25) is 0 Å². The molecular weight excluding hydrogens is 292 g/mol. The molecule has 0 aliphatic carbocycles. The highest BCUT2D eigenvalue weighted by Crippen LogP contribution is 2.25. The van der Waals surface area contributed by atoms with Crippen LogP contribution in [-0.2, 0) is 19.2 Å². The quantitative estimate of drug-likeness (QED) is 0.224. The highest BCUT2D eigenvalue weighted by Gasteiger charge is 2.45. The van der Waals surface area contributed by atoms with Crippen molar-refractivity contribution in [2.24, 2.45) is 5.92 Å². The van der Waals surface area contributed by atoms with Gasteiger partial charge in [0.1, 0.15) is 18.1 Å². The van der Waals surface area contributed by atoms with E-state index in [0.717, 1.165) is 25.7 Å². The van der Waals surface area contributed by atoms with Gasteiger partial charge in [-0.1, -0.05) is 55.3 Å². The molecule has 0 spiro atoms. The molecule has 0 aliphatic rings. The Morgan fingerprint density at radius 2 is 1.78 bits per heavy atom. The van der Waals surface area contributed by atoms with E-state index in [9.17, 15) is 0 Å². The molecule has 4 nitrogen and oxygen atoms in total. The number of rotatable bonds is 8. The van der Waals surface area contributed by atoms with Crippen molar-refractivity contribution in [3.05, 3.63) is 0 Å². The van der Waals surface area contributed by atoms with Gasteiger partial charge in [-0.05, 0) is 13.3 Å². The summed E-state index contributed by atoms with van der Waals surface area (Å²) in [5, 5.41) is 0. The first-order valence-corrected chi connectivity index (χ1v) is 7.71. The van der Waals surface area contributed by atoms with Crippen LogP contribution in [0.4, 0.5) is 0 Å². The number of ether oxygens (including phenoxy) is 2. The smallest absolute Gasteiger partial charge is 0.373 e. The van der Waals surface area contributed by atoms with Gasteiger partial charge in [-0.3, -0.25) is 4.89 Å². The maximum Gasteiger partial charge on any atom is 0.439 e. The predicted molar refractivity (Wildman–Crippen MR) is 88.5 cm³/mol. The fraction of sp³-hybridized carbons (Fsp3) is 0.579. The third-order valence-electron chi connectivity index (χ3n) is 2.69. The first kappa shape index (κ1) is 20.6. The molecule has 23 heavy (non-hydrogen) atoms. The molecule has 0 amide bonds. The van der Waals surface area contributed by atoms with Crippen LogP contribution in [0.1, 0.15) is 59.8 Å². The van der Waals surface area contributed by atoms with Crippen molar-refractivity contribution in [3.8, 4) is 48.4 Å². The zero-order chi connectivity index (χ0) is 17.4. The number of unbranched alkanes of at least 4 members (excludes halogenated alkanes) is 3. The van der Waals surface area contributed by atoms with Crippen molar-refractivity contribution in [1.82, 2.24) is 0 Å². The minimum absolute atomic E-state index is 0.609. The minimum Gasteiger partial charge on any atom is -0.373 e. The Labute approximate surface area is 140 Å². The number of terminal acetylenes is 1. The summed E-state index contributed by atoms with van der Waals surface area (Å²) < 4.78 is 10.6. The Morgan fingerprint density at radius 3 is 2.39 bits per heavy atom. The lowest BCUT2D eigenvalue weighted by Gasteiger charge is -2.27. The second-order valence-corrected chi connectivity index (χ2v) is 4.58. The summed E-state index contributed by atoms with van der Waals surface area (Å²) in [4.78, 5) is 10.1. The molecule has 0 saturated carbocycles. The second kappa shape index (κ2) is 13.3. The predicted octanol–water partition coefficient (Wildman–Crippen LogP) is 3.78. The molecule has 2 atom stereocenters. The molecule has 0 fully saturated rings. The minimum atomic E-state index is -1.75. The van der Waals surface area contributed by atoms with Gasteiger partial charge in [0.15, 0.2) is 6.11 Å². The third-order valence-corrected chi connectivity index (χ3v) is 2.69. The molecule has 0 radical (unpaired) electrons. The summed E-state index contributed by atoms with van der Waals surface area (Å²) in [6.45, 7) is 7.29. The summed E-state index contributed by atoms with van der Waals surface area (Å²) >= 11 is 0. The Balaban J connectivity index is 4.92. The Kier molecular flexibility index (Phi) is 11.9. The Bertz CT molecular complexity index is 542. The monoisotopic (exact) mass is 316 g/mol. The third kappa shape index (κ3) is 8.58. The molecule has 2 unspecified atom stereocenters. The molecule has 0 N–H and O–H groups in total. The van der Waals surface area contributed by atoms with E-state index >= 15 is 0 Å². The van der Waals surface area contributed by atoms with Crippen molar-refractivity contribution < 1.29 is 19.2 Å². The first-order valence-electron chi connectivity index (χ1n) is 7.71. The SMILES string of the molecule is C#CC(C)C(OC#CC)(OC#CCC)OOC#CCCCCC. The summed E-state index contributed by atoms with van der Waals surface area (Å²) in [5.74, 6) is 8.25. The van der Waals surface area contributed by atoms with Gasteiger partial charge in [0.2, 0.25) is 0 Å². The molecule has 124 valence electrons. The van der Waals surface area contributed by atoms with Crippen LogP contribution in [0.3, 0.4) is 0 Å². The summed E-state index contributed by atoms with van der Waals surface area (Å²) in [7, 11) is 0. The van der Waals surface area contributed by atoms with E-state index in [4.69, 9.17) is 25.7 Å². The number of hydrogen-bond acceptors (Lipinski definition) is 4. The second-order valence-electron chi connectivity index (χ2n) is 4.58. The largest absolute Gasteiger partial charge is 0.439 e. The fourth-order valence-electron chi connectivity index (χ4n) is 1.33. The van der Waals surface area contributed by atoms with Crippen LogP contribution in [-0.4, -0.2) is 5.97 Å². The molecule has 0 aliphatic heterocycles. The summed E-state index contributed by atoms with van der Waals surface area (Å²) in [5.41, 5.74) is 0. The van der Waals surface area contributed by atoms with E-state index in [1.807, 2.05) is 6.92 Å². The van der Waals surface area contributed by atoms with Crippen molar-refractivity contribution in [1.29, 1.82) is 0 Å². The molecular formula is C19H24O4. The lowest BCUT2D eigenvalue weighted by atomic mass is 10.1. The molecule has 4 heteroatoms. The highest BCUT2D eigenvalue weighted by molar-refractivity contribution is 5.01. The van der Waals surface area contributed by atoms with Crippen LogP contribution in [0.5, 0.6) is 0 Å². The van der Waals surface area contributed by atoms with Crippen LogP contribution in [0, 0.1) is 54.3 Å². The van der Waals surface area contributed by atoms with Crippen LogP contribution >= 0.6 is 0 Å². The summed E-state index contributed by atoms with van der Waals surface area (Å²) in [6, 6.07) is 0. The van der Waals surface area contributed by atoms with Crippen molar-refractivity contribution in [2.75, 3.05) is 0 Å². The summed E-state index contributed by atoms with van der Waals surface area (Å²) in [6.07, 6.45) is 17.4. The van der Waals surface area contributed by atoms with Gasteiger partial charge in [0.05, 0.1) is 0 Å². The van der Waals surface area contributed by atoms with E-state index < -0.39 is 11.9 Å². The molecule has 0 saturated heterocycles. The van der Waals surface area contributed by atoms with Crippen LogP contribution < -0.4 is 0 Å². The standard InChI is InChI=1S/C19H24O4/c1-6-10-12-13-14-17-22-23-19(18(5)9-4,20-15-8-3)21-16-11-7-2/h4,18H,6-7,10,12-13H2,1-3,5H3. The fourth-order valence-corrected chi connectivity index (χ4v) is 1.33. The van der Waals surface area contributed by atoms with Crippen molar-refractivity contribution in [2.45, 2.75) is 65.8 Å². The van der Waals surface area contributed by atoms with Gasteiger partial charge in [-0.15, -0.1) is 6.42 Å². The molecule has 0 bridgehead atoms. The molecule has 0 aromatic carbocycles. The average molecular weight is 316 g/mol. The Morgan fingerprint density at radius 1 is 1.04 bits per heavy atom. The average Bonchev–Trinajstić information content (AvgIpc) is 2.57. The topological polar surface area (TPSA) is 36.9 Å². The lowest BCUT2D eigenvalue weighted by Crippen LogP contribution is -2.42. The van der Waals surface area contributed by atoms with E-state index in [1.54, 1.807) is 13.8 Å². The van der Waals surface area contributed by atoms with E-state index in [1.165, 1.54) is 0 Å². The maximum atomic E-state index is 5.44. The van der Waals surface area contributed by atoms with Gasteiger partial charge in [-0.2, -0.15) is 0 Å². The molecule has 0 aromatic rings. The Hall–Kier alpha value is -2.40. The first-order chi connectivity index (χ1) is 11.2. The van der Waals surface area contributed by atoms with E-state index in [2.05, 4.69) is 48.9 Å². The van der Waals surface area contributed by atoms with Gasteiger partial charge in [0.25, 0.3) is 0 Å². The molecule has 0 aromatic heterocycles. The van der Waals surface area contributed by atoms with Crippen molar-refractivity contribution in [3.63, 3.8) is 0 Å². The van der Waals surface area contributed by atoms with Gasteiger partial charge < -0.3 is 9.47 Å². The number of hydrogen-bond donors (Lipinski definition) is 0. The van der Waals surface area contributed by atoms with Crippen molar-refractivity contribution >= 4 is 0 Å². The van der Waals surface area contributed by atoms with E-state index in [0.29, 0.717) is 6.42 Å². The van der Waals surface area contributed by atoms with Gasteiger partial charge in [0, 0.05) is 19.8 Å². The molecule has 0 heterocycles. The van der Waals surface area contributed by atoms with Crippen LogP contribution in [0.15, 0.2) is 0 Å². The normalized spacial score (nSPS) is 12.5.